The Morgan fingerprint density at radius 3 is 3.00 bits per heavy atom. The van der Waals surface area contributed by atoms with Crippen LogP contribution in [-0.4, -0.2) is 19.1 Å². The van der Waals surface area contributed by atoms with Crippen molar-refractivity contribution in [2.24, 2.45) is 5.73 Å². The molecule has 2 N–H and O–H groups in total. The van der Waals surface area contributed by atoms with Gasteiger partial charge in [0.2, 0.25) is 0 Å². The van der Waals surface area contributed by atoms with E-state index in [0.29, 0.717) is 5.02 Å². The van der Waals surface area contributed by atoms with E-state index in [2.05, 4.69) is 4.90 Å². The summed E-state index contributed by atoms with van der Waals surface area (Å²) in [5.74, 6) is -0.263. The number of hydrogen-bond donors (Lipinski definition) is 1. The largest absolute Gasteiger partial charge is 0.368 e. The van der Waals surface area contributed by atoms with Crippen molar-refractivity contribution in [3.05, 3.63) is 28.5 Å². The summed E-state index contributed by atoms with van der Waals surface area (Å²) in [5.41, 5.74) is 7.69. The summed E-state index contributed by atoms with van der Waals surface area (Å²) in [4.78, 5) is 2.13. The zero-order valence-electron chi connectivity index (χ0n) is 8.63. The van der Waals surface area contributed by atoms with Crippen molar-refractivity contribution in [1.29, 1.82) is 0 Å². The maximum Gasteiger partial charge on any atom is 0.125 e. The maximum atomic E-state index is 13.1. The minimum atomic E-state index is -0.263. The van der Waals surface area contributed by atoms with Crippen molar-refractivity contribution >= 4 is 17.3 Å². The number of anilines is 1. The van der Waals surface area contributed by atoms with Crippen molar-refractivity contribution in [2.75, 3.05) is 18.0 Å². The number of nitrogens with two attached hydrogens (primary N) is 1. The summed E-state index contributed by atoms with van der Waals surface area (Å²) in [6.45, 7) is 3.59. The van der Waals surface area contributed by atoms with Crippen LogP contribution in [0.5, 0.6) is 0 Å². The third-order valence-electron chi connectivity index (χ3n) is 2.58. The fraction of sp³-hybridized carbons (Fsp3) is 0.455. The van der Waals surface area contributed by atoms with E-state index < -0.39 is 0 Å². The lowest BCUT2D eigenvalue weighted by molar-refractivity contribution is 0.626. The summed E-state index contributed by atoms with van der Waals surface area (Å²) in [5, 5.41) is 0.489. The Kier molecular flexibility index (Phi) is 2.85. The molecule has 0 amide bonds. The van der Waals surface area contributed by atoms with Crippen molar-refractivity contribution in [1.82, 2.24) is 0 Å². The van der Waals surface area contributed by atoms with E-state index in [0.717, 1.165) is 30.8 Å². The van der Waals surface area contributed by atoms with Gasteiger partial charge in [-0.1, -0.05) is 11.6 Å². The molecule has 1 aliphatic heterocycles. The highest BCUT2D eigenvalue weighted by molar-refractivity contribution is 6.33. The van der Waals surface area contributed by atoms with E-state index in [-0.39, 0.29) is 11.9 Å². The molecule has 1 atom stereocenters. The first-order chi connectivity index (χ1) is 7.08. The molecular weight excluding hydrogens is 215 g/mol. The predicted molar refractivity (Wildman–Crippen MR) is 61.0 cm³/mol. The average Bonchev–Trinajstić information content (AvgIpc) is 2.46. The lowest BCUT2D eigenvalue weighted by Crippen LogP contribution is -2.34. The molecule has 4 heteroatoms. The van der Waals surface area contributed by atoms with E-state index in [4.69, 9.17) is 17.3 Å². The number of nitrogens with zero attached hydrogens (tertiary/aromatic N) is 1. The first kappa shape index (κ1) is 10.7. The van der Waals surface area contributed by atoms with E-state index in [9.17, 15) is 4.39 Å². The van der Waals surface area contributed by atoms with Crippen LogP contribution in [0.25, 0.3) is 0 Å². The fourth-order valence-corrected chi connectivity index (χ4v) is 2.41. The molecule has 1 aliphatic rings. The molecule has 0 aliphatic carbocycles. The second kappa shape index (κ2) is 3.99. The Balaban J connectivity index is 2.33. The molecule has 2 nitrogen and oxygen atoms in total. The second-order valence-corrected chi connectivity index (χ2v) is 4.48. The molecule has 0 aromatic heterocycles. The van der Waals surface area contributed by atoms with E-state index in [1.165, 1.54) is 6.07 Å². The molecule has 0 radical (unpaired) electrons. The average molecular weight is 229 g/mol. The summed E-state index contributed by atoms with van der Waals surface area (Å²) in [6.07, 6.45) is 0.847. The molecule has 0 spiro atoms. The minimum Gasteiger partial charge on any atom is -0.368 e. The highest BCUT2D eigenvalue weighted by Gasteiger charge is 2.23. The van der Waals surface area contributed by atoms with Gasteiger partial charge in [-0.2, -0.15) is 0 Å². The molecule has 1 aromatic carbocycles. The Morgan fingerprint density at radius 1 is 1.60 bits per heavy atom. The third-order valence-corrected chi connectivity index (χ3v) is 2.87. The second-order valence-electron chi connectivity index (χ2n) is 4.07. The van der Waals surface area contributed by atoms with Crippen LogP contribution in [0.15, 0.2) is 12.1 Å². The van der Waals surface area contributed by atoms with Gasteiger partial charge in [-0.3, -0.25) is 0 Å². The topological polar surface area (TPSA) is 29.3 Å². The quantitative estimate of drug-likeness (QED) is 0.841. The summed E-state index contributed by atoms with van der Waals surface area (Å²) in [6, 6.07) is 3.01. The molecule has 82 valence electrons. The fourth-order valence-electron chi connectivity index (χ4n) is 2.06. The van der Waals surface area contributed by atoms with Crippen LogP contribution in [0.2, 0.25) is 5.02 Å². The van der Waals surface area contributed by atoms with Gasteiger partial charge in [0, 0.05) is 19.1 Å². The van der Waals surface area contributed by atoms with Crippen LogP contribution in [0, 0.1) is 5.82 Å². The summed E-state index contributed by atoms with van der Waals surface area (Å²) < 4.78 is 13.1. The van der Waals surface area contributed by atoms with E-state index in [1.54, 1.807) is 6.07 Å². The van der Waals surface area contributed by atoms with Crippen LogP contribution >= 0.6 is 11.6 Å². The van der Waals surface area contributed by atoms with E-state index in [1.807, 2.05) is 6.92 Å². The number of rotatable bonds is 2. The molecule has 2 rings (SSSR count). The lowest BCUT2D eigenvalue weighted by Gasteiger charge is -2.22. The van der Waals surface area contributed by atoms with Crippen molar-refractivity contribution in [3.63, 3.8) is 0 Å². The zero-order valence-corrected chi connectivity index (χ0v) is 9.39. The lowest BCUT2D eigenvalue weighted by atomic mass is 10.1. The number of hydrogen-bond acceptors (Lipinski definition) is 2. The highest BCUT2D eigenvalue weighted by Crippen LogP contribution is 2.35. The van der Waals surface area contributed by atoms with Crippen LogP contribution in [0.1, 0.15) is 12.5 Å². The summed E-state index contributed by atoms with van der Waals surface area (Å²) >= 11 is 6.03. The van der Waals surface area contributed by atoms with Crippen molar-refractivity contribution < 1.29 is 4.39 Å². The highest BCUT2D eigenvalue weighted by atomic mass is 35.5. The molecule has 0 unspecified atom stereocenters. The Labute approximate surface area is 93.8 Å². The molecule has 1 aromatic rings. The van der Waals surface area contributed by atoms with E-state index >= 15 is 0 Å². The van der Waals surface area contributed by atoms with Gasteiger partial charge in [0.15, 0.2) is 0 Å². The number of halogens is 2. The van der Waals surface area contributed by atoms with Gasteiger partial charge in [-0.15, -0.1) is 0 Å². The molecule has 15 heavy (non-hydrogen) atoms. The monoisotopic (exact) mass is 228 g/mol. The van der Waals surface area contributed by atoms with Gasteiger partial charge in [-0.05, 0) is 31.0 Å². The molecule has 0 saturated heterocycles. The van der Waals surface area contributed by atoms with Gasteiger partial charge in [0.25, 0.3) is 0 Å². The van der Waals surface area contributed by atoms with Gasteiger partial charge in [0.05, 0.1) is 10.7 Å². The van der Waals surface area contributed by atoms with Gasteiger partial charge in [0.1, 0.15) is 5.82 Å². The van der Waals surface area contributed by atoms with Crippen molar-refractivity contribution in [3.8, 4) is 0 Å². The van der Waals surface area contributed by atoms with Crippen LogP contribution < -0.4 is 10.6 Å². The Morgan fingerprint density at radius 2 is 2.33 bits per heavy atom. The first-order valence-corrected chi connectivity index (χ1v) is 5.44. The van der Waals surface area contributed by atoms with Crippen LogP contribution in [0.3, 0.4) is 0 Å². The molecule has 0 fully saturated rings. The normalized spacial score (nSPS) is 16.7. The van der Waals surface area contributed by atoms with Gasteiger partial charge < -0.3 is 10.6 Å². The molecular formula is C11H14ClFN2. The number of benzene rings is 1. The zero-order chi connectivity index (χ0) is 11.0. The SMILES string of the molecule is C[C@H](N)CN1CCc2cc(F)cc(Cl)c21. The first-order valence-electron chi connectivity index (χ1n) is 5.06. The molecule has 1 heterocycles. The minimum absolute atomic E-state index is 0.0945. The number of fused-ring (bicyclic) bond motifs is 1. The predicted octanol–water partition coefficient (Wildman–Crippen LogP) is 2.19. The Bertz CT molecular complexity index is 379. The van der Waals surface area contributed by atoms with Crippen LogP contribution in [-0.2, 0) is 6.42 Å². The third kappa shape index (κ3) is 2.08. The van der Waals surface area contributed by atoms with Gasteiger partial charge >= 0.3 is 0 Å². The van der Waals surface area contributed by atoms with Crippen molar-refractivity contribution in [2.45, 2.75) is 19.4 Å². The molecule has 0 bridgehead atoms. The Hall–Kier alpha value is -0.800. The van der Waals surface area contributed by atoms with Crippen LogP contribution in [0.4, 0.5) is 10.1 Å². The summed E-state index contributed by atoms with van der Waals surface area (Å²) in [7, 11) is 0. The standard InChI is InChI=1S/C11H14ClFN2/c1-7(14)6-15-3-2-8-4-9(13)5-10(12)11(8)15/h4-5,7H,2-3,6,14H2,1H3/t7-/m0/s1. The smallest absolute Gasteiger partial charge is 0.125 e. The van der Waals surface area contributed by atoms with Gasteiger partial charge in [-0.25, -0.2) is 4.39 Å². The maximum absolute atomic E-state index is 13.1. The molecule has 0 saturated carbocycles.